The Balaban J connectivity index is 2.20. The Morgan fingerprint density at radius 2 is 2.08 bits per heavy atom. The lowest BCUT2D eigenvalue weighted by atomic mass is 10.1. The predicted molar refractivity (Wildman–Crippen MR) is 43.6 cm³/mol. The second kappa shape index (κ2) is 4.35. The van der Waals surface area contributed by atoms with Gasteiger partial charge in [0.05, 0.1) is 6.61 Å². The van der Waals surface area contributed by atoms with Crippen LogP contribution in [-0.4, -0.2) is 13.7 Å². The molecule has 0 aromatic carbocycles. The summed E-state index contributed by atoms with van der Waals surface area (Å²) in [6, 6.07) is 0. The molecule has 12 heavy (non-hydrogen) atoms. The molecule has 0 amide bonds. The zero-order valence-corrected chi connectivity index (χ0v) is 8.06. The van der Waals surface area contributed by atoms with Crippen LogP contribution in [0, 0.1) is 5.92 Å². The summed E-state index contributed by atoms with van der Waals surface area (Å²) in [5.74, 6) is 0.365. The lowest BCUT2D eigenvalue weighted by Gasteiger charge is -2.10. The maximum Gasteiger partial charge on any atom is 0.512 e. The van der Waals surface area contributed by atoms with Crippen LogP contribution in [0.1, 0.15) is 25.7 Å². The molecule has 0 aliphatic heterocycles. The van der Waals surface area contributed by atoms with E-state index in [0.29, 0.717) is 5.92 Å². The molecule has 72 valence electrons. The number of halogens is 1. The van der Waals surface area contributed by atoms with Crippen molar-refractivity contribution in [2.45, 2.75) is 25.7 Å². The molecule has 1 aliphatic carbocycles. The topological polar surface area (TPSA) is 35.5 Å². The molecule has 1 atom stereocenters. The fourth-order valence-corrected chi connectivity index (χ4v) is 1.92. The molecule has 1 fully saturated rings. The second-order valence-corrected chi connectivity index (χ2v) is 4.54. The van der Waals surface area contributed by atoms with E-state index in [1.807, 2.05) is 0 Å². The van der Waals surface area contributed by atoms with Crippen molar-refractivity contribution in [3.63, 3.8) is 0 Å². The van der Waals surface area contributed by atoms with Crippen LogP contribution in [0.5, 0.6) is 0 Å². The van der Waals surface area contributed by atoms with Crippen LogP contribution in [0.15, 0.2) is 0 Å². The number of hydrogen-bond acceptors (Lipinski definition) is 3. The summed E-state index contributed by atoms with van der Waals surface area (Å²) in [5, 5.41) is 0. The molecular weight excluding hydrogens is 182 g/mol. The van der Waals surface area contributed by atoms with Crippen LogP contribution >= 0.6 is 7.91 Å². The van der Waals surface area contributed by atoms with Crippen molar-refractivity contribution < 1.29 is 17.8 Å². The summed E-state index contributed by atoms with van der Waals surface area (Å²) in [5.41, 5.74) is 0. The summed E-state index contributed by atoms with van der Waals surface area (Å²) in [7, 11) is -3.17. The molecule has 0 aromatic heterocycles. The highest BCUT2D eigenvalue weighted by atomic mass is 31.2. The summed E-state index contributed by atoms with van der Waals surface area (Å²) < 4.78 is 31.8. The van der Waals surface area contributed by atoms with Gasteiger partial charge in [-0.25, -0.2) is 4.57 Å². The van der Waals surface area contributed by atoms with Crippen LogP contribution in [0.4, 0.5) is 4.20 Å². The molecule has 0 heterocycles. The Kier molecular flexibility index (Phi) is 3.69. The summed E-state index contributed by atoms with van der Waals surface area (Å²) in [6.07, 6.45) is 4.42. The fourth-order valence-electron chi connectivity index (χ4n) is 1.42. The first-order chi connectivity index (χ1) is 5.64. The molecule has 0 spiro atoms. The molecule has 0 radical (unpaired) electrons. The van der Waals surface area contributed by atoms with E-state index >= 15 is 0 Å². The van der Waals surface area contributed by atoms with Gasteiger partial charge >= 0.3 is 7.91 Å². The van der Waals surface area contributed by atoms with Gasteiger partial charge in [-0.3, -0.25) is 9.05 Å². The zero-order chi connectivity index (χ0) is 9.03. The van der Waals surface area contributed by atoms with Crippen LogP contribution in [-0.2, 0) is 13.6 Å². The van der Waals surface area contributed by atoms with E-state index in [1.165, 1.54) is 0 Å². The van der Waals surface area contributed by atoms with E-state index in [4.69, 9.17) is 0 Å². The third kappa shape index (κ3) is 3.21. The van der Waals surface area contributed by atoms with Gasteiger partial charge in [0.2, 0.25) is 0 Å². The normalized spacial score (nSPS) is 24.2. The average molecular weight is 196 g/mol. The number of rotatable bonds is 4. The first-order valence-corrected chi connectivity index (χ1v) is 5.57. The van der Waals surface area contributed by atoms with Gasteiger partial charge in [-0.15, -0.1) is 4.20 Å². The predicted octanol–water partition coefficient (Wildman–Crippen LogP) is 2.92. The van der Waals surface area contributed by atoms with Gasteiger partial charge in [-0.05, 0) is 18.8 Å². The monoisotopic (exact) mass is 196 g/mol. The summed E-state index contributed by atoms with van der Waals surface area (Å²) in [6.45, 7) is 0.224. The molecule has 0 bridgehead atoms. The van der Waals surface area contributed by atoms with Crippen molar-refractivity contribution >= 4 is 7.91 Å². The van der Waals surface area contributed by atoms with Gasteiger partial charge in [0, 0.05) is 7.11 Å². The lowest BCUT2D eigenvalue weighted by molar-refractivity contribution is 0.174. The molecule has 0 N–H and O–H groups in total. The minimum atomic E-state index is -4.23. The van der Waals surface area contributed by atoms with Gasteiger partial charge in [-0.2, -0.15) is 0 Å². The molecular formula is C7H14FO3P. The molecule has 0 aromatic rings. The van der Waals surface area contributed by atoms with Gasteiger partial charge in [-0.1, -0.05) is 12.8 Å². The Bertz CT molecular complexity index is 179. The third-order valence-electron chi connectivity index (χ3n) is 2.16. The quantitative estimate of drug-likeness (QED) is 0.648. The maximum atomic E-state index is 12.6. The highest BCUT2D eigenvalue weighted by Crippen LogP contribution is 2.49. The minimum Gasteiger partial charge on any atom is -0.287 e. The minimum absolute atomic E-state index is 0.224. The summed E-state index contributed by atoms with van der Waals surface area (Å²) in [4.78, 5) is 0. The van der Waals surface area contributed by atoms with Crippen LogP contribution < -0.4 is 0 Å². The average Bonchev–Trinajstić information content (AvgIpc) is 2.53. The molecule has 1 unspecified atom stereocenters. The van der Waals surface area contributed by atoms with E-state index in [1.54, 1.807) is 0 Å². The first kappa shape index (κ1) is 10.2. The molecule has 1 saturated carbocycles. The smallest absolute Gasteiger partial charge is 0.287 e. The highest BCUT2D eigenvalue weighted by Gasteiger charge is 2.25. The van der Waals surface area contributed by atoms with Gasteiger partial charge in [0.1, 0.15) is 0 Å². The standard InChI is InChI=1S/C7H14FO3P/c1-10-12(8,9)11-6-7-4-2-3-5-7/h7H,2-6H2,1H3. The van der Waals surface area contributed by atoms with E-state index in [9.17, 15) is 8.76 Å². The Morgan fingerprint density at radius 3 is 2.58 bits per heavy atom. The third-order valence-corrected chi connectivity index (χ3v) is 3.05. The van der Waals surface area contributed by atoms with Crippen molar-refractivity contribution in [1.82, 2.24) is 0 Å². The molecule has 0 saturated heterocycles. The van der Waals surface area contributed by atoms with E-state index in [0.717, 1.165) is 32.8 Å². The second-order valence-electron chi connectivity index (χ2n) is 3.06. The highest BCUT2D eigenvalue weighted by molar-refractivity contribution is 7.48. The van der Waals surface area contributed by atoms with Crippen molar-refractivity contribution in [1.29, 1.82) is 0 Å². The lowest BCUT2D eigenvalue weighted by Crippen LogP contribution is -2.03. The fraction of sp³-hybridized carbons (Fsp3) is 1.00. The summed E-state index contributed by atoms with van der Waals surface area (Å²) >= 11 is 0. The zero-order valence-electron chi connectivity index (χ0n) is 7.16. The van der Waals surface area contributed by atoms with Gasteiger partial charge in [0.25, 0.3) is 0 Å². The Hall–Kier alpha value is 0.0800. The molecule has 3 nitrogen and oxygen atoms in total. The van der Waals surface area contributed by atoms with Crippen LogP contribution in [0.25, 0.3) is 0 Å². The Morgan fingerprint density at radius 1 is 1.50 bits per heavy atom. The molecule has 1 aliphatic rings. The van der Waals surface area contributed by atoms with Gasteiger partial charge < -0.3 is 0 Å². The Labute approximate surface area is 71.9 Å². The van der Waals surface area contributed by atoms with E-state index in [-0.39, 0.29) is 6.61 Å². The van der Waals surface area contributed by atoms with Crippen LogP contribution in [0.3, 0.4) is 0 Å². The molecule has 5 heteroatoms. The van der Waals surface area contributed by atoms with Crippen molar-refractivity contribution in [3.8, 4) is 0 Å². The van der Waals surface area contributed by atoms with Crippen molar-refractivity contribution in [3.05, 3.63) is 0 Å². The SMILES string of the molecule is COP(=O)(F)OCC1CCCC1. The number of hydrogen-bond donors (Lipinski definition) is 0. The van der Waals surface area contributed by atoms with Crippen LogP contribution in [0.2, 0.25) is 0 Å². The van der Waals surface area contributed by atoms with E-state index < -0.39 is 7.91 Å². The molecule has 1 rings (SSSR count). The van der Waals surface area contributed by atoms with Gasteiger partial charge in [0.15, 0.2) is 0 Å². The maximum absolute atomic E-state index is 12.6. The largest absolute Gasteiger partial charge is 0.512 e. The first-order valence-electron chi connectivity index (χ1n) is 4.14. The van der Waals surface area contributed by atoms with Crippen molar-refractivity contribution in [2.24, 2.45) is 5.92 Å². The van der Waals surface area contributed by atoms with E-state index in [2.05, 4.69) is 9.05 Å². The van der Waals surface area contributed by atoms with Crippen molar-refractivity contribution in [2.75, 3.05) is 13.7 Å².